The van der Waals surface area contributed by atoms with Gasteiger partial charge in [-0.2, -0.15) is 0 Å². The molecular formula is C11H22N4O4. The molecule has 19 heavy (non-hydrogen) atoms. The fourth-order valence-corrected chi connectivity index (χ4v) is 1.74. The van der Waals surface area contributed by atoms with Gasteiger partial charge in [-0.3, -0.25) is 10.2 Å². The number of carbonyl (C=O) groups is 2. The van der Waals surface area contributed by atoms with E-state index in [4.69, 9.17) is 9.84 Å². The molecule has 1 unspecified atom stereocenters. The number of rotatable bonds is 6. The summed E-state index contributed by atoms with van der Waals surface area (Å²) in [6.07, 6.45) is -0.651. The molecule has 0 aromatic rings. The fourth-order valence-electron chi connectivity index (χ4n) is 1.74. The predicted octanol–water partition coefficient (Wildman–Crippen LogP) is -1.06. The van der Waals surface area contributed by atoms with Crippen molar-refractivity contribution in [1.29, 1.82) is 0 Å². The maximum absolute atomic E-state index is 11.6. The van der Waals surface area contributed by atoms with Crippen molar-refractivity contribution in [3.63, 3.8) is 0 Å². The fraction of sp³-hybridized carbons (Fsp3) is 0.818. The van der Waals surface area contributed by atoms with Crippen LogP contribution in [0, 0.1) is 0 Å². The number of piperazine rings is 1. The van der Waals surface area contributed by atoms with Gasteiger partial charge in [0.15, 0.2) is 0 Å². The lowest BCUT2D eigenvalue weighted by Gasteiger charge is -2.32. The second kappa shape index (κ2) is 7.93. The van der Waals surface area contributed by atoms with Gasteiger partial charge in [0.25, 0.3) is 0 Å². The number of aliphatic carboxylic acids is 1. The minimum Gasteiger partial charge on any atom is -0.481 e. The molecule has 110 valence electrons. The first-order valence-corrected chi connectivity index (χ1v) is 6.24. The van der Waals surface area contributed by atoms with Crippen LogP contribution in [0.25, 0.3) is 0 Å². The molecular weight excluding hydrogens is 252 g/mol. The molecule has 0 saturated carbocycles. The van der Waals surface area contributed by atoms with E-state index in [1.54, 1.807) is 0 Å². The average Bonchev–Trinajstić information content (AvgIpc) is 2.37. The van der Waals surface area contributed by atoms with Gasteiger partial charge in [-0.25, -0.2) is 9.80 Å². The number of hydrogen-bond acceptors (Lipinski definition) is 5. The molecule has 1 saturated heterocycles. The van der Waals surface area contributed by atoms with E-state index in [1.165, 1.54) is 7.11 Å². The Morgan fingerprint density at radius 3 is 2.47 bits per heavy atom. The molecule has 1 fully saturated rings. The highest BCUT2D eigenvalue weighted by Gasteiger charge is 2.17. The van der Waals surface area contributed by atoms with Crippen LogP contribution < -0.4 is 10.7 Å². The van der Waals surface area contributed by atoms with E-state index in [0.29, 0.717) is 0 Å². The van der Waals surface area contributed by atoms with Crippen LogP contribution in [0.2, 0.25) is 0 Å². The van der Waals surface area contributed by atoms with E-state index in [1.807, 2.05) is 12.1 Å². The number of ether oxygens (including phenoxy) is 1. The monoisotopic (exact) mass is 274 g/mol. The van der Waals surface area contributed by atoms with Crippen molar-refractivity contribution in [2.75, 3.05) is 46.9 Å². The largest absolute Gasteiger partial charge is 0.481 e. The summed E-state index contributed by atoms with van der Waals surface area (Å²) in [5.74, 6) is -0.951. The zero-order valence-electron chi connectivity index (χ0n) is 11.4. The molecule has 3 N–H and O–H groups in total. The van der Waals surface area contributed by atoms with Crippen molar-refractivity contribution in [3.8, 4) is 0 Å². The Hall–Kier alpha value is -1.38. The lowest BCUT2D eigenvalue weighted by Crippen LogP contribution is -2.55. The molecule has 1 aliphatic heterocycles. The Labute approximate surface area is 112 Å². The molecule has 0 radical (unpaired) electrons. The summed E-state index contributed by atoms with van der Waals surface area (Å²) in [5, 5.41) is 13.1. The number of methoxy groups -OCH3 is 1. The highest BCUT2D eigenvalue weighted by Crippen LogP contribution is 1.97. The van der Waals surface area contributed by atoms with Gasteiger partial charge >= 0.3 is 12.0 Å². The van der Waals surface area contributed by atoms with Gasteiger partial charge in [0.2, 0.25) is 0 Å². The topological polar surface area (TPSA) is 94.1 Å². The van der Waals surface area contributed by atoms with Crippen molar-refractivity contribution in [2.45, 2.75) is 12.5 Å². The highest BCUT2D eigenvalue weighted by atomic mass is 16.5. The molecule has 1 heterocycles. The second-order valence-corrected chi connectivity index (χ2v) is 4.57. The number of hydrazine groups is 1. The first-order valence-electron chi connectivity index (χ1n) is 6.24. The van der Waals surface area contributed by atoms with Crippen LogP contribution >= 0.6 is 0 Å². The molecule has 2 amide bonds. The third-order valence-corrected chi connectivity index (χ3v) is 2.99. The molecule has 1 aliphatic rings. The average molecular weight is 274 g/mol. The van der Waals surface area contributed by atoms with Gasteiger partial charge in [0.1, 0.15) is 0 Å². The molecule has 0 aromatic carbocycles. The van der Waals surface area contributed by atoms with Crippen LogP contribution in [0.1, 0.15) is 6.42 Å². The van der Waals surface area contributed by atoms with Crippen LogP contribution in [0.5, 0.6) is 0 Å². The van der Waals surface area contributed by atoms with Crippen LogP contribution in [-0.4, -0.2) is 80.0 Å². The van der Waals surface area contributed by atoms with Gasteiger partial charge in [0, 0.05) is 39.8 Å². The number of likely N-dealkylation sites (N-methyl/N-ethyl adjacent to an activating group) is 1. The molecule has 1 atom stereocenters. The Kier molecular flexibility index (Phi) is 6.54. The number of carboxylic acids is 1. The Morgan fingerprint density at radius 2 is 1.95 bits per heavy atom. The normalized spacial score (nSPS) is 18.8. The number of nitrogens with one attached hydrogen (secondary N) is 2. The zero-order chi connectivity index (χ0) is 14.3. The molecule has 0 bridgehead atoms. The summed E-state index contributed by atoms with van der Waals surface area (Å²) >= 11 is 0. The van der Waals surface area contributed by atoms with Crippen LogP contribution in [-0.2, 0) is 9.53 Å². The number of carbonyl (C=O) groups excluding carboxylic acids is 1. The second-order valence-electron chi connectivity index (χ2n) is 4.57. The summed E-state index contributed by atoms with van der Waals surface area (Å²) in [6, 6.07) is -0.336. The number of amides is 2. The third kappa shape index (κ3) is 6.37. The first kappa shape index (κ1) is 15.7. The number of urea groups is 1. The van der Waals surface area contributed by atoms with E-state index in [2.05, 4.69) is 15.6 Å². The highest BCUT2D eigenvalue weighted by molar-refractivity contribution is 5.73. The van der Waals surface area contributed by atoms with Gasteiger partial charge in [0.05, 0.1) is 12.5 Å². The summed E-state index contributed by atoms with van der Waals surface area (Å²) in [4.78, 5) is 24.3. The predicted molar refractivity (Wildman–Crippen MR) is 68.7 cm³/mol. The molecule has 0 aliphatic carbocycles. The van der Waals surface area contributed by atoms with Gasteiger partial charge in [-0.05, 0) is 7.05 Å². The molecule has 8 nitrogen and oxygen atoms in total. The van der Waals surface area contributed by atoms with Gasteiger partial charge in [-0.1, -0.05) is 0 Å². The summed E-state index contributed by atoms with van der Waals surface area (Å²) in [5.41, 5.74) is 2.73. The lowest BCUT2D eigenvalue weighted by atomic mass is 10.2. The van der Waals surface area contributed by atoms with Crippen molar-refractivity contribution >= 4 is 12.0 Å². The molecule has 1 rings (SSSR count). The van der Waals surface area contributed by atoms with Gasteiger partial charge < -0.3 is 20.1 Å². The van der Waals surface area contributed by atoms with E-state index >= 15 is 0 Å². The molecule has 0 spiro atoms. The Bertz CT molecular complexity index is 305. The van der Waals surface area contributed by atoms with Crippen molar-refractivity contribution in [2.24, 2.45) is 0 Å². The third-order valence-electron chi connectivity index (χ3n) is 2.99. The van der Waals surface area contributed by atoms with E-state index in [9.17, 15) is 9.59 Å². The van der Waals surface area contributed by atoms with E-state index < -0.39 is 12.1 Å². The SMILES string of the molecule is COC(CNC(=O)NN1CCN(C)CC1)CC(=O)O. The summed E-state index contributed by atoms with van der Waals surface area (Å²) in [6.45, 7) is 3.52. The van der Waals surface area contributed by atoms with Crippen LogP contribution in [0.4, 0.5) is 4.79 Å². The summed E-state index contributed by atoms with van der Waals surface area (Å²) < 4.78 is 4.97. The quantitative estimate of drug-likeness (QED) is 0.571. The Morgan fingerprint density at radius 1 is 1.32 bits per heavy atom. The molecule has 0 aromatic heterocycles. The summed E-state index contributed by atoms with van der Waals surface area (Å²) in [7, 11) is 3.46. The van der Waals surface area contributed by atoms with Crippen LogP contribution in [0.3, 0.4) is 0 Å². The van der Waals surface area contributed by atoms with Crippen molar-refractivity contribution in [1.82, 2.24) is 20.7 Å². The van der Waals surface area contributed by atoms with Crippen molar-refractivity contribution < 1.29 is 19.4 Å². The smallest absolute Gasteiger partial charge is 0.329 e. The number of hydrogen-bond donors (Lipinski definition) is 3. The van der Waals surface area contributed by atoms with Crippen molar-refractivity contribution in [3.05, 3.63) is 0 Å². The maximum Gasteiger partial charge on any atom is 0.329 e. The van der Waals surface area contributed by atoms with E-state index in [0.717, 1.165) is 26.2 Å². The number of carboxylic acid groups (broad SMARTS) is 1. The molecule has 8 heteroatoms. The first-order chi connectivity index (χ1) is 9.01. The zero-order valence-corrected chi connectivity index (χ0v) is 11.4. The standard InChI is InChI=1S/C11H22N4O4/c1-14-3-5-15(6-4-14)13-11(18)12-8-9(19-2)7-10(16)17/h9H,3-8H2,1-2H3,(H,16,17)(H2,12,13,18). The maximum atomic E-state index is 11.6. The lowest BCUT2D eigenvalue weighted by molar-refractivity contribution is -0.139. The van der Waals surface area contributed by atoms with Gasteiger partial charge in [-0.15, -0.1) is 0 Å². The Balaban J connectivity index is 2.21. The minimum absolute atomic E-state index is 0.134. The minimum atomic E-state index is -0.951. The van der Waals surface area contributed by atoms with Crippen LogP contribution in [0.15, 0.2) is 0 Å². The number of nitrogens with zero attached hydrogens (tertiary/aromatic N) is 2. The van der Waals surface area contributed by atoms with E-state index in [-0.39, 0.29) is 19.0 Å².